The zero-order chi connectivity index (χ0) is 31.1. The number of nitrogens with zero attached hydrogens (tertiary/aromatic N) is 6. The van der Waals surface area contributed by atoms with E-state index in [-0.39, 0.29) is 34.6 Å². The average molecular weight is 599 g/mol. The Morgan fingerprint density at radius 2 is 1.91 bits per heavy atom. The molecule has 1 atom stereocenters. The number of methoxy groups -OCH3 is 1. The molecule has 2 aliphatic rings. The predicted octanol–water partition coefficient (Wildman–Crippen LogP) is 5.17. The molecule has 9 nitrogen and oxygen atoms in total. The second kappa shape index (κ2) is 14.8. The van der Waals surface area contributed by atoms with E-state index in [1.165, 1.54) is 25.0 Å². The summed E-state index contributed by atoms with van der Waals surface area (Å²) in [6, 6.07) is 6.88. The fourth-order valence-electron chi connectivity index (χ4n) is 6.72. The number of hydrogen-bond acceptors (Lipinski definition) is 8. The summed E-state index contributed by atoms with van der Waals surface area (Å²) in [5, 5.41) is 8.30. The van der Waals surface area contributed by atoms with Gasteiger partial charge in [-0.25, -0.2) is 4.39 Å². The summed E-state index contributed by atoms with van der Waals surface area (Å²) in [4.78, 5) is 22.3. The maximum absolute atomic E-state index is 15.2. The Morgan fingerprint density at radius 3 is 2.58 bits per heavy atom. The number of benzene rings is 1. The van der Waals surface area contributed by atoms with E-state index in [1.807, 2.05) is 26.8 Å². The number of amides is 1. The van der Waals surface area contributed by atoms with Crippen molar-refractivity contribution in [2.24, 2.45) is 11.3 Å². The Labute approximate surface area is 257 Å². The summed E-state index contributed by atoms with van der Waals surface area (Å²) < 4.78 is 26.5. The fourth-order valence-corrected chi connectivity index (χ4v) is 6.72. The molecule has 3 heterocycles. The lowest BCUT2D eigenvalue weighted by molar-refractivity contribution is -0.0344. The molecule has 4 rings (SSSR count). The van der Waals surface area contributed by atoms with Crippen LogP contribution in [0.5, 0.6) is 11.6 Å². The number of likely N-dealkylation sites (tertiary alicyclic amines) is 1. The summed E-state index contributed by atoms with van der Waals surface area (Å²) in [6.07, 6.45) is 5.09. The Balaban J connectivity index is 1.42. The normalized spacial score (nSPS) is 17.2. The molecule has 1 aromatic heterocycles. The predicted molar refractivity (Wildman–Crippen MR) is 168 cm³/mol. The van der Waals surface area contributed by atoms with Crippen LogP contribution in [-0.4, -0.2) is 109 Å². The maximum atomic E-state index is 15.2. The summed E-state index contributed by atoms with van der Waals surface area (Å²) in [5.41, 5.74) is 1.19. The van der Waals surface area contributed by atoms with Gasteiger partial charge in [0, 0.05) is 63.9 Å². The zero-order valence-electron chi connectivity index (χ0n) is 27.2. The van der Waals surface area contributed by atoms with Gasteiger partial charge in [0.2, 0.25) is 0 Å². The molecule has 1 aromatic carbocycles. The number of halogens is 1. The minimum atomic E-state index is -0.598. The van der Waals surface area contributed by atoms with Crippen molar-refractivity contribution in [1.82, 2.24) is 24.9 Å². The van der Waals surface area contributed by atoms with Crippen molar-refractivity contribution >= 4 is 11.6 Å². The van der Waals surface area contributed by atoms with Crippen LogP contribution < -0.4 is 9.64 Å². The monoisotopic (exact) mass is 598 g/mol. The van der Waals surface area contributed by atoms with E-state index in [0.29, 0.717) is 18.5 Å². The Kier molecular flexibility index (Phi) is 11.4. The molecule has 43 heavy (non-hydrogen) atoms. The van der Waals surface area contributed by atoms with Gasteiger partial charge in [0.15, 0.2) is 11.6 Å². The molecular formula is C33H51FN6O3. The number of carbonyl (C=O) groups excluding carboxylic acids is 1. The van der Waals surface area contributed by atoms with Gasteiger partial charge in [-0.05, 0) is 77.7 Å². The van der Waals surface area contributed by atoms with Gasteiger partial charge in [-0.3, -0.25) is 9.69 Å². The highest BCUT2D eigenvalue weighted by Gasteiger charge is 2.50. The van der Waals surface area contributed by atoms with Crippen LogP contribution in [0.4, 0.5) is 10.1 Å². The molecule has 0 unspecified atom stereocenters. The van der Waals surface area contributed by atoms with Crippen molar-refractivity contribution in [1.29, 1.82) is 0 Å². The second-order valence-corrected chi connectivity index (χ2v) is 13.0. The standard InChI is InChI=1S/C33H51FN6O3/c1-8-40(25(4)5)32(41)26-11-9-12-27(34)30(26)43-31-29(14-16-35-36-31)38-18-15-33(21-38)22-39(23-33)28(24(2)3)13-10-17-37(6)19-20-42-7/h9,11-12,14,16,24-25,28H,8,10,13,15,17-23H2,1-7H3/t28-/m0/s1. The van der Waals surface area contributed by atoms with Gasteiger partial charge in [0.25, 0.3) is 11.8 Å². The van der Waals surface area contributed by atoms with E-state index >= 15 is 4.39 Å². The number of likely N-dealkylation sites (N-methyl/N-ethyl adjacent to an activating group) is 1. The van der Waals surface area contributed by atoms with Crippen LogP contribution in [0.1, 0.15) is 64.2 Å². The number of rotatable bonds is 15. The third-order valence-electron chi connectivity index (χ3n) is 9.10. The molecule has 0 bridgehead atoms. The highest BCUT2D eigenvalue weighted by Crippen LogP contribution is 2.45. The van der Waals surface area contributed by atoms with E-state index in [1.54, 1.807) is 24.3 Å². The number of carbonyl (C=O) groups is 1. The molecule has 2 fully saturated rings. The largest absolute Gasteiger partial charge is 0.432 e. The van der Waals surface area contributed by atoms with Crippen LogP contribution in [0.15, 0.2) is 30.5 Å². The second-order valence-electron chi connectivity index (χ2n) is 13.0. The molecule has 238 valence electrons. The van der Waals surface area contributed by atoms with Crippen LogP contribution in [0.2, 0.25) is 0 Å². The topological polar surface area (TPSA) is 74.3 Å². The first kappa shape index (κ1) is 33.1. The fraction of sp³-hybridized carbons (Fsp3) is 0.667. The highest BCUT2D eigenvalue weighted by molar-refractivity contribution is 5.97. The Hall–Kier alpha value is -2.82. The SMILES string of the molecule is CCN(C(=O)c1cccc(F)c1Oc1nnccc1N1CCC2(C1)CN([C@@H](CCCN(C)CCOC)C(C)C)C2)C(C)C. The smallest absolute Gasteiger partial charge is 0.262 e. The molecular weight excluding hydrogens is 547 g/mol. The third-order valence-corrected chi connectivity index (χ3v) is 9.10. The van der Waals surface area contributed by atoms with Gasteiger partial charge in [-0.15, -0.1) is 5.10 Å². The van der Waals surface area contributed by atoms with Crippen molar-refractivity contribution in [3.8, 4) is 11.6 Å². The van der Waals surface area contributed by atoms with Crippen LogP contribution in [-0.2, 0) is 4.74 Å². The van der Waals surface area contributed by atoms with Crippen LogP contribution in [0, 0.1) is 17.2 Å². The van der Waals surface area contributed by atoms with Crippen molar-refractivity contribution in [3.05, 3.63) is 41.8 Å². The van der Waals surface area contributed by atoms with Gasteiger partial charge in [-0.1, -0.05) is 19.9 Å². The molecule has 1 spiro atoms. The molecule has 0 N–H and O–H groups in total. The highest BCUT2D eigenvalue weighted by atomic mass is 19.1. The zero-order valence-corrected chi connectivity index (χ0v) is 27.2. The molecule has 2 aromatic rings. The van der Waals surface area contributed by atoms with Crippen LogP contribution in [0.25, 0.3) is 0 Å². The van der Waals surface area contributed by atoms with E-state index < -0.39 is 5.82 Å². The lowest BCUT2D eigenvalue weighted by Gasteiger charge is -2.53. The van der Waals surface area contributed by atoms with E-state index in [4.69, 9.17) is 9.47 Å². The summed E-state index contributed by atoms with van der Waals surface area (Å²) >= 11 is 0. The van der Waals surface area contributed by atoms with E-state index in [9.17, 15) is 4.79 Å². The lowest BCUT2D eigenvalue weighted by Crippen LogP contribution is -2.62. The van der Waals surface area contributed by atoms with Crippen LogP contribution in [0.3, 0.4) is 0 Å². The Bertz CT molecular complexity index is 1200. The van der Waals surface area contributed by atoms with Crippen molar-refractivity contribution in [2.45, 2.75) is 66.0 Å². The summed E-state index contributed by atoms with van der Waals surface area (Å²) in [5.74, 6) is -0.154. The summed E-state index contributed by atoms with van der Waals surface area (Å²) in [6.45, 7) is 17.7. The average Bonchev–Trinajstić information content (AvgIpc) is 3.40. The first-order chi connectivity index (χ1) is 20.6. The number of anilines is 1. The Morgan fingerprint density at radius 1 is 1.14 bits per heavy atom. The molecule has 0 aliphatic carbocycles. The van der Waals surface area contributed by atoms with Gasteiger partial charge in [0.1, 0.15) is 5.69 Å². The van der Waals surface area contributed by atoms with Gasteiger partial charge < -0.3 is 24.2 Å². The first-order valence-electron chi connectivity index (χ1n) is 15.8. The third kappa shape index (κ3) is 7.83. The van der Waals surface area contributed by atoms with Crippen molar-refractivity contribution in [3.63, 3.8) is 0 Å². The number of para-hydroxylation sites is 1. The minimum absolute atomic E-state index is 0.0268. The van der Waals surface area contributed by atoms with E-state index in [2.05, 4.69) is 45.8 Å². The van der Waals surface area contributed by atoms with E-state index in [0.717, 1.165) is 58.0 Å². The molecule has 0 radical (unpaired) electrons. The molecule has 0 saturated carbocycles. The number of aromatic nitrogens is 2. The quantitative estimate of drug-likeness (QED) is 0.278. The lowest BCUT2D eigenvalue weighted by atomic mass is 9.76. The molecule has 1 amide bonds. The number of hydrogen-bond donors (Lipinski definition) is 0. The van der Waals surface area contributed by atoms with Crippen LogP contribution >= 0.6 is 0 Å². The van der Waals surface area contributed by atoms with Gasteiger partial charge in [0.05, 0.1) is 18.4 Å². The minimum Gasteiger partial charge on any atom is -0.432 e. The van der Waals surface area contributed by atoms with Gasteiger partial charge in [-0.2, -0.15) is 5.10 Å². The van der Waals surface area contributed by atoms with Crippen molar-refractivity contribution in [2.75, 3.05) is 71.5 Å². The maximum Gasteiger partial charge on any atom is 0.262 e. The van der Waals surface area contributed by atoms with Crippen molar-refractivity contribution < 1.29 is 18.7 Å². The molecule has 2 aliphatic heterocycles. The summed E-state index contributed by atoms with van der Waals surface area (Å²) in [7, 11) is 3.92. The molecule has 10 heteroatoms. The first-order valence-corrected chi connectivity index (χ1v) is 15.8. The van der Waals surface area contributed by atoms with Gasteiger partial charge >= 0.3 is 0 Å². The number of ether oxygens (including phenoxy) is 2. The molecule has 2 saturated heterocycles.